The van der Waals surface area contributed by atoms with Crippen molar-refractivity contribution in [2.24, 2.45) is 0 Å². The molecular formula is C23H29Cl2N3O4S. The molecule has 0 aliphatic carbocycles. The van der Waals surface area contributed by atoms with E-state index < -0.39 is 28.5 Å². The highest BCUT2D eigenvalue weighted by atomic mass is 35.5. The summed E-state index contributed by atoms with van der Waals surface area (Å²) in [5, 5.41) is 3.83. The van der Waals surface area contributed by atoms with E-state index in [-0.39, 0.29) is 23.4 Å². The van der Waals surface area contributed by atoms with Gasteiger partial charge in [0.25, 0.3) is 0 Å². The molecule has 2 unspecified atom stereocenters. The maximum absolute atomic E-state index is 13.3. The van der Waals surface area contributed by atoms with Crippen LogP contribution in [0.3, 0.4) is 0 Å². The Balaban J connectivity index is 2.26. The summed E-state index contributed by atoms with van der Waals surface area (Å²) in [6, 6.07) is 11.7. The van der Waals surface area contributed by atoms with Crippen molar-refractivity contribution in [1.82, 2.24) is 14.5 Å². The van der Waals surface area contributed by atoms with Gasteiger partial charge >= 0.3 is 0 Å². The van der Waals surface area contributed by atoms with Gasteiger partial charge in [0.2, 0.25) is 21.8 Å². The number of rotatable bonds is 10. The first kappa shape index (κ1) is 27.1. The number of amides is 2. The fourth-order valence-corrected chi connectivity index (χ4v) is 4.36. The quantitative estimate of drug-likeness (QED) is 0.521. The molecular weight excluding hydrogens is 485 g/mol. The number of benzene rings is 2. The second kappa shape index (κ2) is 11.8. The van der Waals surface area contributed by atoms with Gasteiger partial charge in [-0.15, -0.1) is 0 Å². The van der Waals surface area contributed by atoms with Crippen LogP contribution in [0.1, 0.15) is 32.8 Å². The lowest BCUT2D eigenvalue weighted by molar-refractivity contribution is -0.140. The van der Waals surface area contributed by atoms with Gasteiger partial charge in [-0.1, -0.05) is 42.3 Å². The van der Waals surface area contributed by atoms with Crippen LogP contribution in [0.5, 0.6) is 0 Å². The number of hydrogen-bond acceptors (Lipinski definition) is 4. The van der Waals surface area contributed by atoms with Crippen LogP contribution in [0, 0.1) is 0 Å². The molecule has 2 atom stereocenters. The molecule has 2 rings (SSSR count). The van der Waals surface area contributed by atoms with Crippen molar-refractivity contribution >= 4 is 45.0 Å². The van der Waals surface area contributed by atoms with E-state index in [4.69, 9.17) is 23.2 Å². The first-order chi connectivity index (χ1) is 15.4. The zero-order valence-corrected chi connectivity index (χ0v) is 21.4. The Kier molecular flexibility index (Phi) is 9.72. The summed E-state index contributed by atoms with van der Waals surface area (Å²) < 4.78 is 26.8. The molecule has 2 amide bonds. The molecule has 1 N–H and O–H groups in total. The summed E-state index contributed by atoms with van der Waals surface area (Å²) in [5.74, 6) is -0.813. The van der Waals surface area contributed by atoms with Gasteiger partial charge < -0.3 is 10.2 Å². The number of nitrogens with zero attached hydrogens (tertiary/aromatic N) is 2. The first-order valence-electron chi connectivity index (χ1n) is 10.5. The third-order valence-electron chi connectivity index (χ3n) is 5.31. The molecule has 10 heteroatoms. The highest BCUT2D eigenvalue weighted by Crippen LogP contribution is 2.19. The predicted octanol–water partition coefficient (Wildman–Crippen LogP) is 3.95. The number of nitrogens with one attached hydrogen (secondary N) is 1. The fourth-order valence-electron chi connectivity index (χ4n) is 2.99. The Hall–Kier alpha value is -2.13. The minimum absolute atomic E-state index is 0.0222. The number of likely N-dealkylation sites (N-methyl/N-ethyl adjacent to an activating group) is 1. The molecule has 0 saturated heterocycles. The number of carbonyl (C=O) groups excluding carboxylic acids is 2. The molecule has 33 heavy (non-hydrogen) atoms. The van der Waals surface area contributed by atoms with Crippen molar-refractivity contribution in [3.05, 3.63) is 64.1 Å². The van der Waals surface area contributed by atoms with E-state index in [1.807, 2.05) is 13.8 Å². The van der Waals surface area contributed by atoms with Crippen molar-refractivity contribution in [2.75, 3.05) is 13.6 Å². The summed E-state index contributed by atoms with van der Waals surface area (Å²) >= 11 is 11.8. The van der Waals surface area contributed by atoms with E-state index in [2.05, 4.69) is 5.32 Å². The third kappa shape index (κ3) is 7.43. The highest BCUT2D eigenvalue weighted by Gasteiger charge is 2.30. The van der Waals surface area contributed by atoms with Gasteiger partial charge in [-0.25, -0.2) is 8.42 Å². The SMILES string of the molecule is CCC(C)NC(=O)C(C)N(Cc1ccc(Cl)cc1)C(=O)CN(C)S(=O)(=O)c1ccc(Cl)cc1. The van der Waals surface area contributed by atoms with Crippen LogP contribution in [0.25, 0.3) is 0 Å². The monoisotopic (exact) mass is 513 g/mol. The van der Waals surface area contributed by atoms with Gasteiger partial charge in [0.1, 0.15) is 6.04 Å². The van der Waals surface area contributed by atoms with Crippen LogP contribution in [-0.2, 0) is 26.2 Å². The molecule has 0 spiro atoms. The van der Waals surface area contributed by atoms with Gasteiger partial charge in [0, 0.05) is 29.7 Å². The van der Waals surface area contributed by atoms with Crippen LogP contribution in [0.2, 0.25) is 10.0 Å². The molecule has 180 valence electrons. The average Bonchev–Trinajstić information content (AvgIpc) is 2.78. The maximum Gasteiger partial charge on any atom is 0.243 e. The Morgan fingerprint density at radius 3 is 2.00 bits per heavy atom. The van der Waals surface area contributed by atoms with Crippen LogP contribution in [0.4, 0.5) is 0 Å². The second-order valence-corrected chi connectivity index (χ2v) is 10.8. The zero-order valence-electron chi connectivity index (χ0n) is 19.1. The number of sulfonamides is 1. The molecule has 0 fully saturated rings. The lowest BCUT2D eigenvalue weighted by Gasteiger charge is -2.31. The summed E-state index contributed by atoms with van der Waals surface area (Å²) in [6.07, 6.45) is 0.742. The molecule has 0 aliphatic rings. The third-order valence-corrected chi connectivity index (χ3v) is 7.64. The normalized spacial score (nSPS) is 13.4. The largest absolute Gasteiger partial charge is 0.352 e. The predicted molar refractivity (Wildman–Crippen MR) is 131 cm³/mol. The Morgan fingerprint density at radius 1 is 0.970 bits per heavy atom. The smallest absolute Gasteiger partial charge is 0.243 e. The van der Waals surface area contributed by atoms with E-state index in [9.17, 15) is 18.0 Å². The molecule has 0 aliphatic heterocycles. The fraction of sp³-hybridized carbons (Fsp3) is 0.391. The number of halogens is 2. The van der Waals surface area contributed by atoms with Crippen LogP contribution in [-0.4, -0.2) is 55.1 Å². The zero-order chi connectivity index (χ0) is 24.8. The van der Waals surface area contributed by atoms with Gasteiger partial charge in [-0.05, 0) is 62.2 Å². The van der Waals surface area contributed by atoms with Crippen molar-refractivity contribution in [3.8, 4) is 0 Å². The summed E-state index contributed by atoms with van der Waals surface area (Å²) in [4.78, 5) is 27.4. The van der Waals surface area contributed by atoms with E-state index in [1.54, 1.807) is 31.2 Å². The van der Waals surface area contributed by atoms with E-state index in [0.717, 1.165) is 16.3 Å². The first-order valence-corrected chi connectivity index (χ1v) is 12.7. The van der Waals surface area contributed by atoms with Crippen LogP contribution in [0.15, 0.2) is 53.4 Å². The lowest BCUT2D eigenvalue weighted by Crippen LogP contribution is -2.51. The van der Waals surface area contributed by atoms with E-state index in [0.29, 0.717) is 10.0 Å². The molecule has 7 nitrogen and oxygen atoms in total. The molecule has 0 saturated carbocycles. The number of carbonyl (C=O) groups is 2. The summed E-state index contributed by atoms with van der Waals surface area (Å²) in [5.41, 5.74) is 0.763. The van der Waals surface area contributed by atoms with Gasteiger partial charge in [-0.3, -0.25) is 9.59 Å². The van der Waals surface area contributed by atoms with E-state index in [1.165, 1.54) is 36.2 Å². The lowest BCUT2D eigenvalue weighted by atomic mass is 10.1. The molecule has 0 aromatic heterocycles. The molecule has 0 heterocycles. The Morgan fingerprint density at radius 2 is 1.48 bits per heavy atom. The molecule has 0 radical (unpaired) electrons. The minimum Gasteiger partial charge on any atom is -0.352 e. The van der Waals surface area contributed by atoms with Crippen molar-refractivity contribution in [3.63, 3.8) is 0 Å². The Labute approximate surface area is 205 Å². The molecule has 2 aromatic carbocycles. The van der Waals surface area contributed by atoms with Crippen molar-refractivity contribution in [1.29, 1.82) is 0 Å². The van der Waals surface area contributed by atoms with Crippen LogP contribution >= 0.6 is 23.2 Å². The van der Waals surface area contributed by atoms with Crippen LogP contribution < -0.4 is 5.32 Å². The average molecular weight is 514 g/mol. The van der Waals surface area contributed by atoms with Crippen molar-refractivity contribution < 1.29 is 18.0 Å². The maximum atomic E-state index is 13.3. The molecule has 0 bridgehead atoms. The number of hydrogen-bond donors (Lipinski definition) is 1. The standard InChI is InChI=1S/C23H29Cl2N3O4S/c1-5-16(2)26-23(30)17(3)28(14-18-6-8-19(24)9-7-18)22(29)15-27(4)33(31,32)21-12-10-20(25)11-13-21/h6-13,16-17H,5,14-15H2,1-4H3,(H,26,30). The van der Waals surface area contributed by atoms with Crippen molar-refractivity contribution in [2.45, 2.75) is 50.7 Å². The van der Waals surface area contributed by atoms with Gasteiger partial charge in [-0.2, -0.15) is 4.31 Å². The summed E-state index contributed by atoms with van der Waals surface area (Å²) in [6.45, 7) is 5.14. The van der Waals surface area contributed by atoms with Gasteiger partial charge in [0.05, 0.1) is 11.4 Å². The highest BCUT2D eigenvalue weighted by molar-refractivity contribution is 7.89. The van der Waals surface area contributed by atoms with E-state index >= 15 is 0 Å². The summed E-state index contributed by atoms with van der Waals surface area (Å²) in [7, 11) is -2.60. The molecule has 2 aromatic rings. The Bertz CT molecular complexity index is 1060. The van der Waals surface area contributed by atoms with Gasteiger partial charge in [0.15, 0.2) is 0 Å². The topological polar surface area (TPSA) is 86.8 Å². The second-order valence-electron chi connectivity index (χ2n) is 7.86. The minimum atomic E-state index is -3.92.